The van der Waals surface area contributed by atoms with Crippen LogP contribution in [0.1, 0.15) is 54.6 Å². The fourth-order valence-corrected chi connectivity index (χ4v) is 6.11. The Bertz CT molecular complexity index is 1560. The third-order valence-corrected chi connectivity index (χ3v) is 7.71. The molecule has 11 nitrogen and oxygen atoms in total. The summed E-state index contributed by atoms with van der Waals surface area (Å²) in [6, 6.07) is 3.46. The van der Waals surface area contributed by atoms with Crippen LogP contribution in [0.2, 0.25) is 0 Å². The van der Waals surface area contributed by atoms with E-state index in [1.165, 1.54) is 22.3 Å². The van der Waals surface area contributed by atoms with Gasteiger partial charge in [0, 0.05) is 42.4 Å². The molecule has 2 aliphatic rings. The van der Waals surface area contributed by atoms with Crippen molar-refractivity contribution in [3.8, 4) is 22.5 Å². The van der Waals surface area contributed by atoms with Crippen LogP contribution in [-0.2, 0) is 11.8 Å². The molecular formula is C26H27FN8O3. The van der Waals surface area contributed by atoms with E-state index in [1.54, 1.807) is 36.5 Å². The number of aliphatic hydroxyl groups is 1. The second kappa shape index (κ2) is 8.98. The first-order valence-corrected chi connectivity index (χ1v) is 12.5. The molecule has 0 spiro atoms. The van der Waals surface area contributed by atoms with Gasteiger partial charge in [0.05, 0.1) is 29.3 Å². The minimum absolute atomic E-state index is 0.00873. The molecule has 6 rings (SSSR count). The zero-order valence-corrected chi connectivity index (χ0v) is 21.0. The number of Topliss-reactive ketones (excluding diaryl/α,β-unsaturated/α-hetero) is 1. The van der Waals surface area contributed by atoms with E-state index >= 15 is 0 Å². The quantitative estimate of drug-likeness (QED) is 0.383. The van der Waals surface area contributed by atoms with Crippen molar-refractivity contribution in [2.24, 2.45) is 7.05 Å². The molecule has 0 aliphatic carbocycles. The van der Waals surface area contributed by atoms with Crippen LogP contribution in [0.3, 0.4) is 0 Å². The molecular weight excluding hydrogens is 491 g/mol. The Morgan fingerprint density at radius 1 is 1.18 bits per heavy atom. The van der Waals surface area contributed by atoms with E-state index in [0.717, 1.165) is 12.8 Å². The van der Waals surface area contributed by atoms with Crippen LogP contribution in [0.15, 0.2) is 30.7 Å². The zero-order chi connectivity index (χ0) is 26.7. The van der Waals surface area contributed by atoms with E-state index in [9.17, 15) is 19.1 Å². The first kappa shape index (κ1) is 24.2. The number of carbonyl (C=O) groups excluding carboxylic acids is 2. The summed E-state index contributed by atoms with van der Waals surface area (Å²) in [6.07, 6.45) is 7.50. The largest absolute Gasteiger partial charge is 0.387 e. The summed E-state index contributed by atoms with van der Waals surface area (Å²) in [5, 5.41) is 17.9. The monoisotopic (exact) mass is 518 g/mol. The maximum Gasteiger partial charge on any atom is 0.248 e. The molecule has 2 bridgehead atoms. The Kier molecular flexibility index (Phi) is 5.71. The minimum atomic E-state index is -0.507. The lowest BCUT2D eigenvalue weighted by molar-refractivity contribution is -0.138. The van der Waals surface area contributed by atoms with Crippen LogP contribution < -0.4 is 5.73 Å². The number of anilines is 1. The number of aromatic nitrogens is 6. The third-order valence-electron chi connectivity index (χ3n) is 7.71. The standard InChI is InChI=1S/C26H27FN8O3/c1-13(37)22-23(15-7-16-4-5-17(8-15)34(16)21(38)12-36)31-26-18(10-30-35(26)25(22)28)14-3-6-20(29-9-14)24-19(27)11-33(2)32-24/h3,6,9-11,15-17,36H,4-5,7-8,12,28H2,1-2H3/t15-,16+,17-. The number of halogens is 1. The van der Waals surface area contributed by atoms with Gasteiger partial charge in [-0.25, -0.2) is 9.37 Å². The Morgan fingerprint density at radius 3 is 2.50 bits per heavy atom. The van der Waals surface area contributed by atoms with E-state index in [1.807, 2.05) is 0 Å². The maximum absolute atomic E-state index is 14.2. The summed E-state index contributed by atoms with van der Waals surface area (Å²) < 4.78 is 17.0. The Morgan fingerprint density at radius 2 is 1.92 bits per heavy atom. The number of fused-ring (bicyclic) bond motifs is 3. The van der Waals surface area contributed by atoms with Crippen LogP contribution in [0.5, 0.6) is 0 Å². The molecule has 3 atom stereocenters. The molecule has 0 unspecified atom stereocenters. The van der Waals surface area contributed by atoms with Gasteiger partial charge in [-0.1, -0.05) is 6.07 Å². The fraction of sp³-hybridized carbons (Fsp3) is 0.385. The number of amides is 1. The SMILES string of the molecule is CC(=O)c1c([C@H]2C[C@H]3CC[C@@H](C2)N3C(=O)CO)nc2c(-c3ccc(-c4nn(C)cc4F)nc3)cnn2c1N. The topological polar surface area (TPSA) is 145 Å². The molecule has 12 heteroatoms. The normalized spacial score (nSPS) is 20.8. The fourth-order valence-electron chi connectivity index (χ4n) is 6.11. The number of rotatable bonds is 5. The number of pyridine rings is 1. The van der Waals surface area contributed by atoms with Gasteiger partial charge in [0.2, 0.25) is 5.91 Å². The minimum Gasteiger partial charge on any atom is -0.387 e. The molecule has 2 fully saturated rings. The highest BCUT2D eigenvalue weighted by atomic mass is 19.1. The summed E-state index contributed by atoms with van der Waals surface area (Å²) in [5.74, 6) is -0.777. The Labute approximate surface area is 217 Å². The summed E-state index contributed by atoms with van der Waals surface area (Å²) >= 11 is 0. The highest BCUT2D eigenvalue weighted by Gasteiger charge is 2.44. The van der Waals surface area contributed by atoms with Crippen LogP contribution in [0, 0.1) is 5.82 Å². The molecule has 1 amide bonds. The predicted molar refractivity (Wildman–Crippen MR) is 136 cm³/mol. The van der Waals surface area contributed by atoms with Gasteiger partial charge in [-0.2, -0.15) is 14.7 Å². The first-order chi connectivity index (χ1) is 18.3. The molecule has 38 heavy (non-hydrogen) atoms. The summed E-state index contributed by atoms with van der Waals surface area (Å²) in [7, 11) is 1.64. The second-order valence-electron chi connectivity index (χ2n) is 10.1. The smallest absolute Gasteiger partial charge is 0.248 e. The number of ketones is 1. The number of hydrogen-bond acceptors (Lipinski definition) is 8. The van der Waals surface area contributed by atoms with E-state index in [0.29, 0.717) is 46.6 Å². The highest BCUT2D eigenvalue weighted by molar-refractivity contribution is 6.00. The van der Waals surface area contributed by atoms with Gasteiger partial charge in [-0.15, -0.1) is 0 Å². The average Bonchev–Trinajstić information content (AvgIpc) is 3.56. The van der Waals surface area contributed by atoms with Crippen molar-refractivity contribution >= 4 is 23.2 Å². The number of piperidine rings is 1. The van der Waals surface area contributed by atoms with E-state index in [2.05, 4.69) is 15.2 Å². The van der Waals surface area contributed by atoms with Crippen LogP contribution in [-0.4, -0.2) is 69.7 Å². The van der Waals surface area contributed by atoms with E-state index in [-0.39, 0.29) is 41.2 Å². The van der Waals surface area contributed by atoms with Crippen molar-refractivity contribution in [3.05, 3.63) is 47.8 Å². The van der Waals surface area contributed by atoms with Gasteiger partial charge in [-0.05, 0) is 38.7 Å². The van der Waals surface area contributed by atoms with Gasteiger partial charge in [-0.3, -0.25) is 19.3 Å². The van der Waals surface area contributed by atoms with Crippen molar-refractivity contribution in [2.45, 2.75) is 50.6 Å². The molecule has 4 aromatic rings. The number of aliphatic hydroxyl groups excluding tert-OH is 1. The highest BCUT2D eigenvalue weighted by Crippen LogP contribution is 2.44. The molecule has 0 radical (unpaired) electrons. The molecule has 0 aromatic carbocycles. The number of nitrogen functional groups attached to an aromatic ring is 1. The van der Waals surface area contributed by atoms with Gasteiger partial charge in [0.25, 0.3) is 0 Å². The molecule has 0 saturated carbocycles. The van der Waals surface area contributed by atoms with Gasteiger partial charge in [0.1, 0.15) is 18.1 Å². The van der Waals surface area contributed by atoms with Gasteiger partial charge >= 0.3 is 0 Å². The molecule has 3 N–H and O–H groups in total. The van der Waals surface area contributed by atoms with Crippen LogP contribution in [0.25, 0.3) is 28.2 Å². The lowest BCUT2D eigenvalue weighted by atomic mass is 9.85. The second-order valence-corrected chi connectivity index (χ2v) is 10.1. The summed E-state index contributed by atoms with van der Waals surface area (Å²) in [4.78, 5) is 36.2. The van der Waals surface area contributed by atoms with Crippen molar-refractivity contribution in [2.75, 3.05) is 12.3 Å². The Balaban J connectivity index is 1.41. The van der Waals surface area contributed by atoms with E-state index in [4.69, 9.17) is 10.7 Å². The van der Waals surface area contributed by atoms with Crippen molar-refractivity contribution < 1.29 is 19.1 Å². The lowest BCUT2D eigenvalue weighted by Gasteiger charge is -2.39. The summed E-state index contributed by atoms with van der Waals surface area (Å²) in [5.41, 5.74) is 9.87. The third kappa shape index (κ3) is 3.74. The lowest BCUT2D eigenvalue weighted by Crippen LogP contribution is -2.47. The average molecular weight is 519 g/mol. The van der Waals surface area contributed by atoms with Gasteiger partial charge < -0.3 is 15.7 Å². The number of hydrogen-bond donors (Lipinski definition) is 2. The van der Waals surface area contributed by atoms with Crippen LogP contribution >= 0.6 is 0 Å². The summed E-state index contributed by atoms with van der Waals surface area (Å²) in [6.45, 7) is 0.956. The number of carbonyl (C=O) groups is 2. The van der Waals surface area contributed by atoms with E-state index < -0.39 is 12.4 Å². The number of aryl methyl sites for hydroxylation is 1. The molecule has 2 saturated heterocycles. The first-order valence-electron chi connectivity index (χ1n) is 12.5. The maximum atomic E-state index is 14.2. The van der Waals surface area contributed by atoms with Crippen molar-refractivity contribution in [3.63, 3.8) is 0 Å². The van der Waals surface area contributed by atoms with Gasteiger partial charge in [0.15, 0.2) is 17.2 Å². The van der Waals surface area contributed by atoms with Crippen molar-refractivity contribution in [1.82, 2.24) is 34.3 Å². The number of nitrogens with zero attached hydrogens (tertiary/aromatic N) is 7. The Hall–Kier alpha value is -4.19. The predicted octanol–water partition coefficient (Wildman–Crippen LogP) is 2.34. The molecule has 196 valence electrons. The molecule has 2 aliphatic heterocycles. The zero-order valence-electron chi connectivity index (χ0n) is 21.0. The molecule has 4 aromatic heterocycles. The van der Waals surface area contributed by atoms with Crippen molar-refractivity contribution in [1.29, 1.82) is 0 Å². The number of nitrogens with two attached hydrogens (primary N) is 1. The van der Waals surface area contributed by atoms with Crippen LogP contribution in [0.4, 0.5) is 10.2 Å². The molecule has 6 heterocycles.